The molecule has 0 aromatic rings. The van der Waals surface area contributed by atoms with Crippen molar-refractivity contribution in [2.24, 2.45) is 29.2 Å². The number of carboxylic acid groups (broad SMARTS) is 2. The minimum absolute atomic E-state index is 0.0133. The van der Waals surface area contributed by atoms with E-state index in [0.29, 0.717) is 0 Å². The van der Waals surface area contributed by atoms with Gasteiger partial charge in [0.1, 0.15) is 36.3 Å². The van der Waals surface area contributed by atoms with Crippen molar-refractivity contribution < 1.29 is 58.5 Å². The van der Waals surface area contributed by atoms with Crippen molar-refractivity contribution in [3.05, 3.63) is 0 Å². The van der Waals surface area contributed by atoms with Gasteiger partial charge in [-0.05, 0) is 56.8 Å². The smallest absolute Gasteiger partial charge is 0.326 e. The van der Waals surface area contributed by atoms with Gasteiger partial charge in [-0.1, -0.05) is 41.5 Å². The quantitative estimate of drug-likeness (QED) is 0.0205. The third kappa shape index (κ3) is 22.8. The van der Waals surface area contributed by atoms with Crippen molar-refractivity contribution in [1.29, 1.82) is 5.41 Å². The molecule has 0 rings (SSSR count). The number of guanidine groups is 1. The van der Waals surface area contributed by atoms with Crippen LogP contribution in [0.15, 0.2) is 0 Å². The fourth-order valence-corrected chi connectivity index (χ4v) is 5.41. The number of nitrogens with two attached hydrogens (primary N) is 2. The maximum atomic E-state index is 13.5. The summed E-state index contributed by atoms with van der Waals surface area (Å²) in [6, 6.07) is -9.19. The summed E-state index contributed by atoms with van der Waals surface area (Å²) in [6.07, 6.45) is -0.0779. The van der Waals surface area contributed by atoms with Crippen LogP contribution in [0.4, 0.5) is 0 Å². The normalized spacial score (nSPS) is 14.6. The van der Waals surface area contributed by atoms with Crippen LogP contribution in [0.25, 0.3) is 0 Å². The van der Waals surface area contributed by atoms with E-state index >= 15 is 0 Å². The Morgan fingerprint density at radius 2 is 1.02 bits per heavy atom. The summed E-state index contributed by atoms with van der Waals surface area (Å²) in [6.45, 7) is 10.7. The van der Waals surface area contributed by atoms with Crippen LogP contribution in [0.2, 0.25) is 0 Å². The van der Waals surface area contributed by atoms with Gasteiger partial charge in [0.2, 0.25) is 41.4 Å². The largest absolute Gasteiger partial charge is 0.481 e. The van der Waals surface area contributed by atoms with E-state index in [4.69, 9.17) is 22.0 Å². The van der Waals surface area contributed by atoms with Gasteiger partial charge in [-0.2, -0.15) is 0 Å². The number of aliphatic carboxylic acids is 2. The number of rotatable bonds is 28. The molecule has 0 fully saturated rings. The predicted molar refractivity (Wildman–Crippen MR) is 213 cm³/mol. The van der Waals surface area contributed by atoms with E-state index in [-0.39, 0.29) is 62.4 Å². The molecule has 23 heteroatoms. The van der Waals surface area contributed by atoms with Crippen LogP contribution in [-0.4, -0.2) is 137 Å². The second-order valence-electron chi connectivity index (χ2n) is 15.4. The van der Waals surface area contributed by atoms with Crippen molar-refractivity contribution in [3.8, 4) is 0 Å². The number of hydrogen-bond donors (Lipinski definition) is 14. The maximum absolute atomic E-state index is 13.5. The van der Waals surface area contributed by atoms with Gasteiger partial charge in [0, 0.05) is 6.54 Å². The van der Waals surface area contributed by atoms with Crippen LogP contribution in [0.3, 0.4) is 0 Å². The van der Waals surface area contributed by atoms with E-state index in [1.54, 1.807) is 41.5 Å². The number of carboxylic acids is 2. The van der Waals surface area contributed by atoms with Crippen LogP contribution in [-0.2, 0) is 43.2 Å². The summed E-state index contributed by atoms with van der Waals surface area (Å²) in [5, 5.41) is 54.8. The first-order chi connectivity index (χ1) is 27.4. The lowest BCUT2D eigenvalue weighted by Crippen LogP contribution is -2.58. The van der Waals surface area contributed by atoms with Crippen LogP contribution < -0.4 is 54.0 Å². The van der Waals surface area contributed by atoms with Gasteiger partial charge >= 0.3 is 11.9 Å². The van der Waals surface area contributed by atoms with Crippen LogP contribution in [0.1, 0.15) is 87.0 Å². The Hall–Kier alpha value is -5.58. The lowest BCUT2D eigenvalue weighted by atomic mass is 9.99. The molecule has 0 radical (unpaired) electrons. The van der Waals surface area contributed by atoms with E-state index < -0.39 is 115 Å². The SMILES string of the molecule is CC(C)C[C@H](NC(=O)CNC(=O)[C@H](CC(C)C)NC(=O)[C@H](C)NC(=O)[C@H](CO)NC(=O)[C@@H](N)CC(=O)O)C(=O)N[C@@H](CC(C)C)C(=O)N[C@@H](CCCNC(=N)N)C(=O)O. The van der Waals surface area contributed by atoms with Crippen LogP contribution >= 0.6 is 0 Å². The van der Waals surface area contributed by atoms with Gasteiger partial charge in [0.15, 0.2) is 5.96 Å². The van der Waals surface area contributed by atoms with Gasteiger partial charge in [-0.15, -0.1) is 0 Å². The Balaban J connectivity index is 5.67. The summed E-state index contributed by atoms with van der Waals surface area (Å²) in [5.41, 5.74) is 10.7. The van der Waals surface area contributed by atoms with E-state index in [9.17, 15) is 53.4 Å². The predicted octanol–water partition coefficient (Wildman–Crippen LogP) is -3.69. The van der Waals surface area contributed by atoms with Crippen molar-refractivity contribution >= 4 is 59.2 Å². The van der Waals surface area contributed by atoms with Gasteiger partial charge in [0.05, 0.1) is 25.6 Å². The number of nitrogens with one attached hydrogen (secondary N) is 9. The van der Waals surface area contributed by atoms with E-state index in [2.05, 4.69) is 42.5 Å². The average molecular weight is 844 g/mol. The number of carbonyl (C=O) groups is 9. The second kappa shape index (κ2) is 27.2. The van der Waals surface area contributed by atoms with Crippen molar-refractivity contribution in [2.45, 2.75) is 129 Å². The minimum atomic E-state index is -1.58. The lowest BCUT2D eigenvalue weighted by molar-refractivity contribution is -0.142. The molecule has 0 aliphatic heterocycles. The zero-order valence-electron chi connectivity index (χ0n) is 34.8. The zero-order valence-corrected chi connectivity index (χ0v) is 34.8. The molecule has 16 N–H and O–H groups in total. The lowest BCUT2D eigenvalue weighted by Gasteiger charge is -2.26. The first kappa shape index (κ1) is 53.4. The van der Waals surface area contributed by atoms with Gasteiger partial charge in [-0.25, -0.2) is 4.79 Å². The topological polar surface area (TPSA) is 386 Å². The zero-order chi connectivity index (χ0) is 45.6. The number of amides is 7. The van der Waals surface area contributed by atoms with Gasteiger partial charge in [0.25, 0.3) is 0 Å². The van der Waals surface area contributed by atoms with Gasteiger partial charge < -0.3 is 69.3 Å². The molecule has 23 nitrogen and oxygen atoms in total. The molecule has 7 amide bonds. The van der Waals surface area contributed by atoms with Crippen molar-refractivity contribution in [2.75, 3.05) is 19.7 Å². The third-order valence-corrected chi connectivity index (χ3v) is 8.36. The number of carbonyl (C=O) groups excluding carboxylic acids is 7. The molecule has 0 aromatic carbocycles. The highest BCUT2D eigenvalue weighted by molar-refractivity contribution is 5.97. The first-order valence-electron chi connectivity index (χ1n) is 19.4. The average Bonchev–Trinajstić information content (AvgIpc) is 3.11. The molecule has 59 heavy (non-hydrogen) atoms. The van der Waals surface area contributed by atoms with Crippen LogP contribution in [0.5, 0.6) is 0 Å². The Kier molecular flexibility index (Phi) is 24.6. The number of hydrogen-bond acceptors (Lipinski definition) is 12. The second-order valence-corrected chi connectivity index (χ2v) is 15.4. The highest BCUT2D eigenvalue weighted by Crippen LogP contribution is 2.11. The Labute approximate surface area is 343 Å². The first-order valence-corrected chi connectivity index (χ1v) is 19.4. The third-order valence-electron chi connectivity index (χ3n) is 8.36. The molecular weight excluding hydrogens is 778 g/mol. The molecule has 7 atom stereocenters. The summed E-state index contributed by atoms with van der Waals surface area (Å²) in [5.74, 6) is -9.17. The molecule has 0 saturated carbocycles. The standard InChI is InChI=1S/C36H65N11O12/c1-17(2)11-23(45-29(52)20(7)42-34(57)26(16-48)47-30(53)21(37)14-28(50)51)31(54)41-15-27(49)43-24(12-18(3)4)32(55)46-25(13-19(5)6)33(56)44-22(35(58)59)9-8-10-40-36(38)39/h17-26,48H,8-16,37H2,1-7H3,(H,41,54)(H,42,57)(H,43,49)(H,44,56)(H,45,52)(H,46,55)(H,47,53)(H,50,51)(H,58,59)(H4,38,39,40)/t20-,21-,22-,23-,24-,25-,26-/m0/s1. The molecule has 0 spiro atoms. The summed E-state index contributed by atoms with van der Waals surface area (Å²) in [4.78, 5) is 114. The summed E-state index contributed by atoms with van der Waals surface area (Å²) < 4.78 is 0. The molecular formula is C36H65N11O12. The van der Waals surface area contributed by atoms with Crippen molar-refractivity contribution in [1.82, 2.24) is 42.5 Å². The van der Waals surface area contributed by atoms with Crippen LogP contribution in [0, 0.1) is 23.2 Å². The maximum Gasteiger partial charge on any atom is 0.326 e. The van der Waals surface area contributed by atoms with E-state index in [1.807, 2.05) is 0 Å². The Morgan fingerprint density at radius 1 is 0.576 bits per heavy atom. The molecule has 0 saturated heterocycles. The molecule has 336 valence electrons. The van der Waals surface area contributed by atoms with E-state index in [1.165, 1.54) is 6.92 Å². The Morgan fingerprint density at radius 3 is 1.47 bits per heavy atom. The minimum Gasteiger partial charge on any atom is -0.481 e. The number of aliphatic hydroxyl groups is 1. The Bertz CT molecular complexity index is 1480. The number of aliphatic hydroxyl groups excluding tert-OH is 1. The van der Waals surface area contributed by atoms with Crippen molar-refractivity contribution in [3.63, 3.8) is 0 Å². The monoisotopic (exact) mass is 843 g/mol. The molecule has 0 unspecified atom stereocenters. The summed E-state index contributed by atoms with van der Waals surface area (Å²) in [7, 11) is 0. The summed E-state index contributed by atoms with van der Waals surface area (Å²) >= 11 is 0. The fourth-order valence-electron chi connectivity index (χ4n) is 5.41. The fraction of sp³-hybridized carbons (Fsp3) is 0.722. The van der Waals surface area contributed by atoms with E-state index in [0.717, 1.165) is 0 Å². The highest BCUT2D eigenvalue weighted by atomic mass is 16.4. The highest BCUT2D eigenvalue weighted by Gasteiger charge is 2.32. The molecule has 0 bridgehead atoms. The van der Waals surface area contributed by atoms with Gasteiger partial charge in [-0.3, -0.25) is 43.8 Å². The molecule has 0 aliphatic carbocycles. The molecule has 0 heterocycles. The molecule has 0 aliphatic rings. The molecule has 0 aromatic heterocycles.